The van der Waals surface area contributed by atoms with Gasteiger partial charge in [0.25, 0.3) is 0 Å². The number of piperazine rings is 1. The smallest absolute Gasteiger partial charge is 0.246 e. The van der Waals surface area contributed by atoms with Crippen LogP contribution in [0.5, 0.6) is 0 Å². The van der Waals surface area contributed by atoms with Crippen molar-refractivity contribution in [1.82, 2.24) is 9.80 Å². The molecule has 0 N–H and O–H groups in total. The minimum Gasteiger partial charge on any atom is -0.337 e. The summed E-state index contributed by atoms with van der Waals surface area (Å²) in [5.41, 5.74) is 0. The van der Waals surface area contributed by atoms with Crippen molar-refractivity contribution in [3.8, 4) is 0 Å². The SMILES string of the molecule is C=CC(=O)N1CCN(C(C)CCC)CC1. The van der Waals surface area contributed by atoms with Gasteiger partial charge in [0.1, 0.15) is 0 Å². The Kier molecular flexibility index (Phi) is 4.82. The van der Waals surface area contributed by atoms with Crippen molar-refractivity contribution in [1.29, 1.82) is 0 Å². The van der Waals surface area contributed by atoms with Crippen LogP contribution in [0, 0.1) is 0 Å². The minimum atomic E-state index is 0.0674. The number of carbonyl (C=O) groups excluding carboxylic acids is 1. The largest absolute Gasteiger partial charge is 0.337 e. The quantitative estimate of drug-likeness (QED) is 0.657. The van der Waals surface area contributed by atoms with Crippen LogP contribution in [0.3, 0.4) is 0 Å². The molecule has 1 rings (SSSR count). The molecular weight excluding hydrogens is 188 g/mol. The van der Waals surface area contributed by atoms with Gasteiger partial charge in [0.2, 0.25) is 5.91 Å². The summed E-state index contributed by atoms with van der Waals surface area (Å²) in [5.74, 6) is 0.0674. The molecule has 0 aromatic carbocycles. The van der Waals surface area contributed by atoms with Gasteiger partial charge in [-0.05, 0) is 19.4 Å². The van der Waals surface area contributed by atoms with E-state index in [1.165, 1.54) is 18.9 Å². The molecule has 0 bridgehead atoms. The summed E-state index contributed by atoms with van der Waals surface area (Å²) < 4.78 is 0. The summed E-state index contributed by atoms with van der Waals surface area (Å²) in [6.07, 6.45) is 3.88. The lowest BCUT2D eigenvalue weighted by molar-refractivity contribution is -0.128. The highest BCUT2D eigenvalue weighted by atomic mass is 16.2. The zero-order chi connectivity index (χ0) is 11.3. The molecule has 1 saturated heterocycles. The predicted molar refractivity (Wildman–Crippen MR) is 62.7 cm³/mol. The average molecular weight is 210 g/mol. The Morgan fingerprint density at radius 3 is 2.47 bits per heavy atom. The molecule has 0 spiro atoms. The first-order valence-corrected chi connectivity index (χ1v) is 5.84. The second-order valence-corrected chi connectivity index (χ2v) is 4.20. The first-order chi connectivity index (χ1) is 7.19. The summed E-state index contributed by atoms with van der Waals surface area (Å²) in [5, 5.41) is 0. The van der Waals surface area contributed by atoms with Gasteiger partial charge < -0.3 is 4.90 Å². The molecule has 15 heavy (non-hydrogen) atoms. The normalized spacial score (nSPS) is 20.0. The van der Waals surface area contributed by atoms with Crippen LogP contribution in [0.15, 0.2) is 12.7 Å². The maximum Gasteiger partial charge on any atom is 0.246 e. The predicted octanol–water partition coefficient (Wildman–Crippen LogP) is 1.51. The van der Waals surface area contributed by atoms with E-state index in [4.69, 9.17) is 0 Å². The third-order valence-electron chi connectivity index (χ3n) is 3.13. The minimum absolute atomic E-state index is 0.0674. The molecule has 3 heteroatoms. The molecule has 1 heterocycles. The fraction of sp³-hybridized carbons (Fsp3) is 0.750. The van der Waals surface area contributed by atoms with E-state index in [2.05, 4.69) is 25.3 Å². The molecule has 1 aliphatic heterocycles. The second-order valence-electron chi connectivity index (χ2n) is 4.20. The Morgan fingerprint density at radius 1 is 1.40 bits per heavy atom. The van der Waals surface area contributed by atoms with E-state index < -0.39 is 0 Å². The third kappa shape index (κ3) is 3.34. The van der Waals surface area contributed by atoms with Crippen LogP contribution in [0.2, 0.25) is 0 Å². The number of nitrogens with zero attached hydrogens (tertiary/aromatic N) is 2. The summed E-state index contributed by atoms with van der Waals surface area (Å²) in [6.45, 7) is 11.7. The molecule has 86 valence electrons. The van der Waals surface area contributed by atoms with Crippen molar-refractivity contribution in [3.05, 3.63) is 12.7 Å². The fourth-order valence-electron chi connectivity index (χ4n) is 2.11. The third-order valence-corrected chi connectivity index (χ3v) is 3.13. The van der Waals surface area contributed by atoms with Crippen molar-refractivity contribution in [2.45, 2.75) is 32.7 Å². The van der Waals surface area contributed by atoms with E-state index >= 15 is 0 Å². The lowest BCUT2D eigenvalue weighted by Gasteiger charge is -2.37. The molecule has 0 aromatic heterocycles. The lowest BCUT2D eigenvalue weighted by Crippen LogP contribution is -2.50. The summed E-state index contributed by atoms with van der Waals surface area (Å²) >= 11 is 0. The van der Waals surface area contributed by atoms with E-state index in [0.29, 0.717) is 6.04 Å². The standard InChI is InChI=1S/C12H22N2O/c1-4-6-11(3)13-7-9-14(10-8-13)12(15)5-2/h5,11H,2,4,6-10H2,1,3H3. The van der Waals surface area contributed by atoms with Gasteiger partial charge >= 0.3 is 0 Å². The monoisotopic (exact) mass is 210 g/mol. The number of hydrogen-bond acceptors (Lipinski definition) is 2. The molecule has 1 fully saturated rings. The molecule has 1 atom stereocenters. The maximum absolute atomic E-state index is 11.4. The Balaban J connectivity index is 2.35. The summed E-state index contributed by atoms with van der Waals surface area (Å²) in [4.78, 5) is 15.7. The maximum atomic E-state index is 11.4. The molecule has 1 amide bonds. The topological polar surface area (TPSA) is 23.6 Å². The van der Waals surface area contributed by atoms with Crippen LogP contribution in [0.1, 0.15) is 26.7 Å². The van der Waals surface area contributed by atoms with Crippen molar-refractivity contribution < 1.29 is 4.79 Å². The first kappa shape index (κ1) is 12.2. The van der Waals surface area contributed by atoms with Crippen molar-refractivity contribution in [3.63, 3.8) is 0 Å². The summed E-state index contributed by atoms with van der Waals surface area (Å²) in [7, 11) is 0. The van der Waals surface area contributed by atoms with Crippen LogP contribution in [-0.4, -0.2) is 47.9 Å². The van der Waals surface area contributed by atoms with E-state index in [-0.39, 0.29) is 5.91 Å². The molecule has 1 aliphatic rings. The van der Waals surface area contributed by atoms with Crippen LogP contribution in [0.4, 0.5) is 0 Å². The average Bonchev–Trinajstić information content (AvgIpc) is 2.28. The van der Waals surface area contributed by atoms with E-state index in [1.807, 2.05) is 4.90 Å². The fourth-order valence-corrected chi connectivity index (χ4v) is 2.11. The zero-order valence-corrected chi connectivity index (χ0v) is 9.91. The zero-order valence-electron chi connectivity index (χ0n) is 9.91. The van der Waals surface area contributed by atoms with E-state index in [9.17, 15) is 4.79 Å². The van der Waals surface area contributed by atoms with E-state index in [1.54, 1.807) is 0 Å². The Hall–Kier alpha value is -0.830. The number of rotatable bonds is 4. The van der Waals surface area contributed by atoms with Crippen molar-refractivity contribution in [2.24, 2.45) is 0 Å². The molecular formula is C12H22N2O. The van der Waals surface area contributed by atoms with E-state index in [0.717, 1.165) is 26.2 Å². The van der Waals surface area contributed by atoms with Gasteiger partial charge in [0.15, 0.2) is 0 Å². The van der Waals surface area contributed by atoms with Gasteiger partial charge in [-0.25, -0.2) is 0 Å². The number of amides is 1. The van der Waals surface area contributed by atoms with Crippen LogP contribution in [-0.2, 0) is 4.79 Å². The van der Waals surface area contributed by atoms with Crippen LogP contribution < -0.4 is 0 Å². The molecule has 0 radical (unpaired) electrons. The number of carbonyl (C=O) groups is 1. The Morgan fingerprint density at radius 2 is 2.00 bits per heavy atom. The van der Waals surface area contributed by atoms with Crippen molar-refractivity contribution in [2.75, 3.05) is 26.2 Å². The van der Waals surface area contributed by atoms with Gasteiger partial charge in [-0.2, -0.15) is 0 Å². The van der Waals surface area contributed by atoms with Crippen LogP contribution >= 0.6 is 0 Å². The highest BCUT2D eigenvalue weighted by Gasteiger charge is 2.21. The van der Waals surface area contributed by atoms with Gasteiger partial charge in [0, 0.05) is 32.2 Å². The molecule has 0 aromatic rings. The lowest BCUT2D eigenvalue weighted by atomic mass is 10.1. The van der Waals surface area contributed by atoms with Gasteiger partial charge in [-0.3, -0.25) is 9.69 Å². The summed E-state index contributed by atoms with van der Waals surface area (Å²) in [6, 6.07) is 0.649. The first-order valence-electron chi connectivity index (χ1n) is 5.84. The van der Waals surface area contributed by atoms with Crippen molar-refractivity contribution >= 4 is 5.91 Å². The highest BCUT2D eigenvalue weighted by Crippen LogP contribution is 2.10. The Labute approximate surface area is 92.7 Å². The number of hydrogen-bond donors (Lipinski definition) is 0. The molecule has 3 nitrogen and oxygen atoms in total. The van der Waals surface area contributed by atoms with Gasteiger partial charge in [-0.1, -0.05) is 19.9 Å². The highest BCUT2D eigenvalue weighted by molar-refractivity contribution is 5.87. The van der Waals surface area contributed by atoms with Crippen LogP contribution in [0.25, 0.3) is 0 Å². The molecule has 0 saturated carbocycles. The van der Waals surface area contributed by atoms with Gasteiger partial charge in [-0.15, -0.1) is 0 Å². The van der Waals surface area contributed by atoms with Gasteiger partial charge in [0.05, 0.1) is 0 Å². The Bertz CT molecular complexity index is 220. The molecule has 0 aliphatic carbocycles. The molecule has 1 unspecified atom stereocenters. The second kappa shape index (κ2) is 5.91.